The molecule has 1 atom stereocenters. The summed E-state index contributed by atoms with van der Waals surface area (Å²) in [4.78, 5) is 11.6. The van der Waals surface area contributed by atoms with E-state index in [1.165, 1.54) is 7.11 Å². The Morgan fingerprint density at radius 1 is 1.44 bits per heavy atom. The Morgan fingerprint density at radius 3 is 2.50 bits per heavy atom. The summed E-state index contributed by atoms with van der Waals surface area (Å²) in [7, 11) is 1.32. The normalized spacial score (nSPS) is 12.6. The molecule has 0 saturated heterocycles. The van der Waals surface area contributed by atoms with Gasteiger partial charge in [0.1, 0.15) is 0 Å². The van der Waals surface area contributed by atoms with Gasteiger partial charge < -0.3 is 9.29 Å². The minimum atomic E-state index is -1.93. The highest BCUT2D eigenvalue weighted by atomic mass is 32.2. The second-order valence-electron chi connectivity index (χ2n) is 4.48. The number of ether oxygens (including phenoxy) is 1. The van der Waals surface area contributed by atoms with E-state index in [1.54, 1.807) is 6.07 Å². The average molecular weight is 270 g/mol. The number of esters is 1. The van der Waals surface area contributed by atoms with Crippen molar-refractivity contribution in [3.05, 3.63) is 34.4 Å². The molecule has 0 bridgehead atoms. The Morgan fingerprint density at radius 2 is 2.06 bits per heavy atom. The SMILES string of the molecule is COC(=O)c1cc(CS(=O)O)c(C(C)C)cc1C. The van der Waals surface area contributed by atoms with E-state index in [0.717, 1.165) is 16.7 Å². The van der Waals surface area contributed by atoms with Gasteiger partial charge in [-0.15, -0.1) is 0 Å². The molecule has 0 radical (unpaired) electrons. The standard InChI is InChI=1S/C13H18O4S/c1-8(2)11-5-9(3)12(13(14)17-4)6-10(11)7-18(15)16/h5-6,8H,7H2,1-4H3,(H,15,16). The molecule has 0 aliphatic carbocycles. The van der Waals surface area contributed by atoms with Gasteiger partial charge in [0, 0.05) is 0 Å². The maximum absolute atomic E-state index is 11.6. The van der Waals surface area contributed by atoms with E-state index < -0.39 is 17.0 Å². The van der Waals surface area contributed by atoms with Gasteiger partial charge in [-0.05, 0) is 35.6 Å². The minimum Gasteiger partial charge on any atom is -0.465 e. The first-order valence-corrected chi connectivity index (χ1v) is 6.93. The quantitative estimate of drug-likeness (QED) is 0.675. The molecule has 1 aromatic carbocycles. The monoisotopic (exact) mass is 270 g/mol. The number of carbonyl (C=O) groups excluding carboxylic acids is 1. The fourth-order valence-corrected chi connectivity index (χ4v) is 2.42. The average Bonchev–Trinajstić information content (AvgIpc) is 2.29. The smallest absolute Gasteiger partial charge is 0.338 e. The predicted molar refractivity (Wildman–Crippen MR) is 71.1 cm³/mol. The first-order chi connectivity index (χ1) is 8.36. The fraction of sp³-hybridized carbons (Fsp3) is 0.462. The van der Waals surface area contributed by atoms with Gasteiger partial charge in [0.2, 0.25) is 0 Å². The topological polar surface area (TPSA) is 63.6 Å². The fourth-order valence-electron chi connectivity index (χ4n) is 1.90. The highest BCUT2D eigenvalue weighted by molar-refractivity contribution is 7.78. The van der Waals surface area contributed by atoms with Crippen molar-refractivity contribution < 1.29 is 18.3 Å². The number of benzene rings is 1. The maximum Gasteiger partial charge on any atom is 0.338 e. The molecule has 0 fully saturated rings. The van der Waals surface area contributed by atoms with Crippen LogP contribution in [-0.4, -0.2) is 21.8 Å². The van der Waals surface area contributed by atoms with Crippen LogP contribution < -0.4 is 0 Å². The molecule has 0 amide bonds. The molecule has 18 heavy (non-hydrogen) atoms. The van der Waals surface area contributed by atoms with Crippen LogP contribution in [0.5, 0.6) is 0 Å². The molecule has 0 spiro atoms. The molecule has 5 heteroatoms. The molecule has 1 unspecified atom stereocenters. The Balaban J connectivity index is 3.35. The van der Waals surface area contributed by atoms with E-state index >= 15 is 0 Å². The van der Waals surface area contributed by atoms with Crippen molar-refractivity contribution in [3.8, 4) is 0 Å². The Hall–Kier alpha value is -1.20. The number of hydrogen-bond donors (Lipinski definition) is 1. The first kappa shape index (κ1) is 14.9. The van der Waals surface area contributed by atoms with Crippen molar-refractivity contribution in [3.63, 3.8) is 0 Å². The van der Waals surface area contributed by atoms with Gasteiger partial charge in [0.25, 0.3) is 0 Å². The Bertz CT molecular complexity index is 480. The maximum atomic E-state index is 11.6. The number of rotatable bonds is 4. The lowest BCUT2D eigenvalue weighted by Crippen LogP contribution is -2.09. The van der Waals surface area contributed by atoms with Crippen LogP contribution in [0, 0.1) is 6.92 Å². The van der Waals surface area contributed by atoms with E-state index in [-0.39, 0.29) is 11.7 Å². The number of hydrogen-bond acceptors (Lipinski definition) is 3. The zero-order valence-corrected chi connectivity index (χ0v) is 11.8. The lowest BCUT2D eigenvalue weighted by atomic mass is 9.93. The van der Waals surface area contributed by atoms with Crippen molar-refractivity contribution >= 4 is 17.0 Å². The molecule has 0 heterocycles. The van der Waals surface area contributed by atoms with Gasteiger partial charge in [0.15, 0.2) is 11.1 Å². The molecule has 1 rings (SSSR count). The summed E-state index contributed by atoms with van der Waals surface area (Å²) in [6.07, 6.45) is 0. The van der Waals surface area contributed by atoms with Gasteiger partial charge in [-0.2, -0.15) is 0 Å². The molecule has 0 aromatic heterocycles. The summed E-state index contributed by atoms with van der Waals surface area (Å²) in [6, 6.07) is 3.55. The molecule has 0 aliphatic rings. The van der Waals surface area contributed by atoms with Crippen LogP contribution in [0.1, 0.15) is 46.8 Å². The second kappa shape index (κ2) is 6.11. The summed E-state index contributed by atoms with van der Waals surface area (Å²) in [6.45, 7) is 5.85. The Kier molecular flexibility index (Phi) is 5.04. The molecule has 0 aliphatic heterocycles. The van der Waals surface area contributed by atoms with Crippen molar-refractivity contribution in [2.45, 2.75) is 32.4 Å². The van der Waals surface area contributed by atoms with Crippen LogP contribution in [0.15, 0.2) is 12.1 Å². The van der Waals surface area contributed by atoms with E-state index in [1.807, 2.05) is 26.8 Å². The van der Waals surface area contributed by atoms with Gasteiger partial charge >= 0.3 is 5.97 Å². The highest BCUT2D eigenvalue weighted by Crippen LogP contribution is 2.25. The molecule has 0 saturated carbocycles. The Labute approximate surface area is 110 Å². The molecule has 100 valence electrons. The molecule has 1 aromatic rings. The summed E-state index contributed by atoms with van der Waals surface area (Å²) >= 11 is -1.93. The van der Waals surface area contributed by atoms with E-state index in [9.17, 15) is 9.00 Å². The van der Waals surface area contributed by atoms with Crippen LogP contribution in [0.3, 0.4) is 0 Å². The molecule has 4 nitrogen and oxygen atoms in total. The van der Waals surface area contributed by atoms with Gasteiger partial charge in [-0.3, -0.25) is 0 Å². The molecular formula is C13H18O4S. The predicted octanol–water partition coefficient (Wildman–Crippen LogP) is 2.63. The number of carbonyl (C=O) groups is 1. The van der Waals surface area contributed by atoms with Gasteiger partial charge in [0.05, 0.1) is 18.4 Å². The van der Waals surface area contributed by atoms with Crippen molar-refractivity contribution in [1.82, 2.24) is 0 Å². The van der Waals surface area contributed by atoms with E-state index in [0.29, 0.717) is 5.56 Å². The van der Waals surface area contributed by atoms with Gasteiger partial charge in [-0.1, -0.05) is 19.9 Å². The van der Waals surface area contributed by atoms with Crippen molar-refractivity contribution in [2.24, 2.45) is 0 Å². The van der Waals surface area contributed by atoms with E-state index in [4.69, 9.17) is 9.29 Å². The van der Waals surface area contributed by atoms with Crippen molar-refractivity contribution in [1.29, 1.82) is 0 Å². The summed E-state index contributed by atoms with van der Waals surface area (Å²) in [5.74, 6) is -0.167. The van der Waals surface area contributed by atoms with Crippen LogP contribution in [0.2, 0.25) is 0 Å². The van der Waals surface area contributed by atoms with Crippen LogP contribution in [0.25, 0.3) is 0 Å². The summed E-state index contributed by atoms with van der Waals surface area (Å²) in [5.41, 5.74) is 2.97. The number of aryl methyl sites for hydroxylation is 1. The van der Waals surface area contributed by atoms with E-state index in [2.05, 4.69) is 0 Å². The molecular weight excluding hydrogens is 252 g/mol. The zero-order valence-electron chi connectivity index (χ0n) is 11.0. The third-order valence-corrected chi connectivity index (χ3v) is 3.35. The largest absolute Gasteiger partial charge is 0.465 e. The summed E-state index contributed by atoms with van der Waals surface area (Å²) < 4.78 is 24.7. The second-order valence-corrected chi connectivity index (χ2v) is 5.41. The van der Waals surface area contributed by atoms with Crippen LogP contribution in [0.4, 0.5) is 0 Å². The van der Waals surface area contributed by atoms with Crippen molar-refractivity contribution in [2.75, 3.05) is 7.11 Å². The third-order valence-electron chi connectivity index (χ3n) is 2.79. The summed E-state index contributed by atoms with van der Waals surface area (Å²) in [5, 5.41) is 0. The molecule has 1 N–H and O–H groups in total. The zero-order chi connectivity index (χ0) is 13.9. The minimum absolute atomic E-state index is 0.0256. The van der Waals surface area contributed by atoms with Crippen LogP contribution >= 0.6 is 0 Å². The van der Waals surface area contributed by atoms with Crippen LogP contribution in [-0.2, 0) is 21.6 Å². The van der Waals surface area contributed by atoms with Gasteiger partial charge in [-0.25, -0.2) is 9.00 Å². The number of methoxy groups -OCH3 is 1. The third kappa shape index (κ3) is 3.40. The first-order valence-electron chi connectivity index (χ1n) is 5.66. The lowest BCUT2D eigenvalue weighted by molar-refractivity contribution is 0.0599. The highest BCUT2D eigenvalue weighted by Gasteiger charge is 2.16. The lowest BCUT2D eigenvalue weighted by Gasteiger charge is -2.15.